The van der Waals surface area contributed by atoms with Crippen molar-refractivity contribution in [3.8, 4) is 5.75 Å². The van der Waals surface area contributed by atoms with Crippen molar-refractivity contribution in [1.82, 2.24) is 0 Å². The Balaban J connectivity index is 2.10. The highest BCUT2D eigenvalue weighted by molar-refractivity contribution is 5.43. The minimum Gasteiger partial charge on any atom is -0.491 e. The van der Waals surface area contributed by atoms with E-state index in [4.69, 9.17) is 15.2 Å². The van der Waals surface area contributed by atoms with E-state index in [1.165, 1.54) is 0 Å². The Kier molecular flexibility index (Phi) is 6.60. The zero-order valence-electron chi connectivity index (χ0n) is 10.9. The van der Waals surface area contributed by atoms with Crippen LogP contribution in [0, 0.1) is 0 Å². The maximum absolute atomic E-state index is 11.8. The molecule has 0 fully saturated rings. The van der Waals surface area contributed by atoms with Gasteiger partial charge < -0.3 is 20.3 Å². The average molecular weight is 293 g/mol. The van der Waals surface area contributed by atoms with Gasteiger partial charge in [0.1, 0.15) is 18.5 Å². The molecule has 1 aromatic carbocycles. The van der Waals surface area contributed by atoms with Gasteiger partial charge in [0.15, 0.2) is 0 Å². The van der Waals surface area contributed by atoms with Gasteiger partial charge in [-0.05, 0) is 18.6 Å². The standard InChI is InChI=1S/C13H18F3NO3/c14-13(15,16)5-2-6-19-8-11(18)9-20-12-4-1-3-10(17)7-12/h1,3-4,7,11,18H,2,5-6,8-9,17H2. The Labute approximate surface area is 115 Å². The molecule has 0 heterocycles. The predicted octanol–water partition coefficient (Wildman–Crippen LogP) is 2.37. The van der Waals surface area contributed by atoms with Gasteiger partial charge in [-0.1, -0.05) is 6.07 Å². The molecular weight excluding hydrogens is 275 g/mol. The van der Waals surface area contributed by atoms with Gasteiger partial charge >= 0.3 is 6.18 Å². The summed E-state index contributed by atoms with van der Waals surface area (Å²) in [5.41, 5.74) is 6.10. The van der Waals surface area contributed by atoms with Crippen LogP contribution in [0.5, 0.6) is 5.75 Å². The van der Waals surface area contributed by atoms with E-state index >= 15 is 0 Å². The Morgan fingerprint density at radius 2 is 2.00 bits per heavy atom. The minimum absolute atomic E-state index is 0.0112. The number of ether oxygens (including phenoxy) is 2. The molecule has 1 rings (SSSR count). The van der Waals surface area contributed by atoms with Crippen LogP contribution in [0.15, 0.2) is 24.3 Å². The van der Waals surface area contributed by atoms with Crippen molar-refractivity contribution in [2.24, 2.45) is 0 Å². The van der Waals surface area contributed by atoms with Gasteiger partial charge in [0.2, 0.25) is 0 Å². The molecule has 4 nitrogen and oxygen atoms in total. The molecule has 1 atom stereocenters. The molecule has 1 unspecified atom stereocenters. The number of alkyl halides is 3. The quantitative estimate of drug-likeness (QED) is 0.570. The molecule has 0 aromatic heterocycles. The maximum Gasteiger partial charge on any atom is 0.389 e. The van der Waals surface area contributed by atoms with Gasteiger partial charge in [-0.3, -0.25) is 0 Å². The normalized spacial score (nSPS) is 13.2. The second-order valence-electron chi connectivity index (χ2n) is 4.33. The lowest BCUT2D eigenvalue weighted by atomic mass is 10.3. The number of rotatable bonds is 8. The summed E-state index contributed by atoms with van der Waals surface area (Å²) in [6.45, 7) is -0.127. The molecule has 0 aliphatic carbocycles. The third kappa shape index (κ3) is 7.85. The minimum atomic E-state index is -4.17. The molecule has 7 heteroatoms. The van der Waals surface area contributed by atoms with Crippen LogP contribution in [0.1, 0.15) is 12.8 Å². The molecule has 0 bridgehead atoms. The molecule has 3 N–H and O–H groups in total. The highest BCUT2D eigenvalue weighted by atomic mass is 19.4. The SMILES string of the molecule is Nc1cccc(OCC(O)COCCCC(F)(F)F)c1. The van der Waals surface area contributed by atoms with Gasteiger partial charge in [0, 0.05) is 24.8 Å². The average Bonchev–Trinajstić information content (AvgIpc) is 2.35. The van der Waals surface area contributed by atoms with Crippen molar-refractivity contribution in [2.45, 2.75) is 25.1 Å². The number of benzene rings is 1. The predicted molar refractivity (Wildman–Crippen MR) is 68.5 cm³/mol. The molecule has 0 aliphatic rings. The number of nitrogen functional groups attached to an aromatic ring is 1. The Morgan fingerprint density at radius 3 is 2.65 bits per heavy atom. The summed E-state index contributed by atoms with van der Waals surface area (Å²) in [5.74, 6) is 0.515. The lowest BCUT2D eigenvalue weighted by Gasteiger charge is -2.13. The van der Waals surface area contributed by atoms with Crippen molar-refractivity contribution in [1.29, 1.82) is 0 Å². The molecule has 0 amide bonds. The largest absolute Gasteiger partial charge is 0.491 e. The second kappa shape index (κ2) is 7.96. The highest BCUT2D eigenvalue weighted by Gasteiger charge is 2.25. The first kappa shape index (κ1) is 16.6. The number of aliphatic hydroxyl groups is 1. The Hall–Kier alpha value is -1.47. The van der Waals surface area contributed by atoms with E-state index in [0.29, 0.717) is 11.4 Å². The first-order valence-corrected chi connectivity index (χ1v) is 6.18. The lowest BCUT2D eigenvalue weighted by molar-refractivity contribution is -0.138. The topological polar surface area (TPSA) is 64.7 Å². The lowest BCUT2D eigenvalue weighted by Crippen LogP contribution is -2.24. The molecule has 1 aromatic rings. The summed E-state index contributed by atoms with van der Waals surface area (Å²) in [5, 5.41) is 9.54. The van der Waals surface area contributed by atoms with Gasteiger partial charge in [-0.2, -0.15) is 13.2 Å². The van der Waals surface area contributed by atoms with E-state index in [2.05, 4.69) is 0 Å². The first-order valence-electron chi connectivity index (χ1n) is 6.18. The Bertz CT molecular complexity index is 399. The number of hydrogen-bond donors (Lipinski definition) is 2. The van der Waals surface area contributed by atoms with Gasteiger partial charge in [-0.25, -0.2) is 0 Å². The summed E-state index contributed by atoms with van der Waals surface area (Å²) < 4.78 is 45.8. The fourth-order valence-electron chi connectivity index (χ4n) is 1.44. The summed E-state index contributed by atoms with van der Waals surface area (Å²) in [6.07, 6.45) is -6.07. The molecular formula is C13H18F3NO3. The van der Waals surface area contributed by atoms with E-state index in [1.807, 2.05) is 0 Å². The monoisotopic (exact) mass is 293 g/mol. The summed E-state index contributed by atoms with van der Waals surface area (Å²) in [6, 6.07) is 6.71. The second-order valence-corrected chi connectivity index (χ2v) is 4.33. The van der Waals surface area contributed by atoms with E-state index in [0.717, 1.165) is 0 Å². The Morgan fingerprint density at radius 1 is 1.25 bits per heavy atom. The van der Waals surface area contributed by atoms with Crippen LogP contribution in [0.3, 0.4) is 0 Å². The smallest absolute Gasteiger partial charge is 0.389 e. The fraction of sp³-hybridized carbons (Fsp3) is 0.538. The first-order chi connectivity index (χ1) is 9.37. The van der Waals surface area contributed by atoms with Crippen LogP contribution < -0.4 is 10.5 Å². The van der Waals surface area contributed by atoms with E-state index in [-0.39, 0.29) is 26.2 Å². The van der Waals surface area contributed by atoms with Crippen molar-refractivity contribution in [3.05, 3.63) is 24.3 Å². The number of anilines is 1. The zero-order valence-corrected chi connectivity index (χ0v) is 10.9. The van der Waals surface area contributed by atoms with Crippen molar-refractivity contribution < 1.29 is 27.8 Å². The number of aliphatic hydroxyl groups excluding tert-OH is 1. The summed E-state index contributed by atoms with van der Waals surface area (Å²) >= 11 is 0. The van der Waals surface area contributed by atoms with Gasteiger partial charge in [0.05, 0.1) is 6.61 Å². The van der Waals surface area contributed by atoms with Crippen LogP contribution in [-0.4, -0.2) is 37.2 Å². The van der Waals surface area contributed by atoms with Crippen molar-refractivity contribution >= 4 is 5.69 Å². The van der Waals surface area contributed by atoms with E-state index < -0.39 is 18.7 Å². The van der Waals surface area contributed by atoms with Crippen LogP contribution in [0.2, 0.25) is 0 Å². The third-order valence-corrected chi connectivity index (χ3v) is 2.36. The van der Waals surface area contributed by atoms with E-state index in [9.17, 15) is 18.3 Å². The fourth-order valence-corrected chi connectivity index (χ4v) is 1.44. The number of halogens is 3. The summed E-state index contributed by atoms with van der Waals surface area (Å²) in [4.78, 5) is 0. The molecule has 0 saturated heterocycles. The van der Waals surface area contributed by atoms with Crippen LogP contribution in [0.25, 0.3) is 0 Å². The highest BCUT2D eigenvalue weighted by Crippen LogP contribution is 2.21. The molecule has 0 aliphatic heterocycles. The maximum atomic E-state index is 11.8. The van der Waals surface area contributed by atoms with E-state index in [1.54, 1.807) is 24.3 Å². The molecule has 0 saturated carbocycles. The van der Waals surface area contributed by atoms with Crippen LogP contribution >= 0.6 is 0 Å². The molecule has 114 valence electrons. The van der Waals surface area contributed by atoms with Gasteiger partial charge in [-0.15, -0.1) is 0 Å². The third-order valence-electron chi connectivity index (χ3n) is 2.36. The number of nitrogens with two attached hydrogens (primary N) is 1. The van der Waals surface area contributed by atoms with Crippen LogP contribution in [0.4, 0.5) is 18.9 Å². The zero-order chi connectivity index (χ0) is 15.0. The van der Waals surface area contributed by atoms with Gasteiger partial charge in [0.25, 0.3) is 0 Å². The van der Waals surface area contributed by atoms with Crippen LogP contribution in [-0.2, 0) is 4.74 Å². The number of hydrogen-bond acceptors (Lipinski definition) is 4. The molecule has 0 spiro atoms. The van der Waals surface area contributed by atoms with Crippen molar-refractivity contribution in [3.63, 3.8) is 0 Å². The molecule has 20 heavy (non-hydrogen) atoms. The summed E-state index contributed by atoms with van der Waals surface area (Å²) in [7, 11) is 0. The molecule has 0 radical (unpaired) electrons. The van der Waals surface area contributed by atoms with Crippen molar-refractivity contribution in [2.75, 3.05) is 25.6 Å².